The lowest BCUT2D eigenvalue weighted by Crippen LogP contribution is -2.32. The molecule has 19 heavy (non-hydrogen) atoms. The smallest absolute Gasteiger partial charge is 0.0887 e. The molecular formula is C17H26O2. The molecule has 1 aromatic rings. The van der Waals surface area contributed by atoms with Gasteiger partial charge in [-0.1, -0.05) is 57.2 Å². The SMILES string of the molecule is C=C[C@@H]([C@@H](C)[C@@H](O)C(C)C)[C@@H](OC)c1ccccc1. The number of methoxy groups -OCH3 is 1. The summed E-state index contributed by atoms with van der Waals surface area (Å²) in [5.74, 6) is 0.415. The second-order valence-corrected chi connectivity index (χ2v) is 5.47. The van der Waals surface area contributed by atoms with Crippen LogP contribution in [0, 0.1) is 17.8 Å². The van der Waals surface area contributed by atoms with Gasteiger partial charge in [0.25, 0.3) is 0 Å². The van der Waals surface area contributed by atoms with Crippen LogP contribution in [0.15, 0.2) is 43.0 Å². The molecule has 0 aliphatic heterocycles. The van der Waals surface area contributed by atoms with E-state index in [0.29, 0.717) is 0 Å². The maximum Gasteiger partial charge on any atom is 0.0887 e. The summed E-state index contributed by atoms with van der Waals surface area (Å²) < 4.78 is 5.66. The normalized spacial score (nSPS) is 17.8. The summed E-state index contributed by atoms with van der Waals surface area (Å²) in [6.45, 7) is 10.1. The van der Waals surface area contributed by atoms with Crippen LogP contribution in [0.2, 0.25) is 0 Å². The van der Waals surface area contributed by atoms with E-state index in [9.17, 15) is 5.11 Å². The van der Waals surface area contributed by atoms with Crippen molar-refractivity contribution in [2.75, 3.05) is 7.11 Å². The van der Waals surface area contributed by atoms with Gasteiger partial charge in [0.05, 0.1) is 12.2 Å². The molecule has 0 unspecified atom stereocenters. The minimum atomic E-state index is -0.357. The first-order chi connectivity index (χ1) is 9.02. The van der Waals surface area contributed by atoms with Gasteiger partial charge in [0.15, 0.2) is 0 Å². The third kappa shape index (κ3) is 3.92. The number of hydrogen-bond acceptors (Lipinski definition) is 2. The van der Waals surface area contributed by atoms with Gasteiger partial charge in [-0.2, -0.15) is 0 Å². The molecule has 0 radical (unpaired) electrons. The van der Waals surface area contributed by atoms with Crippen LogP contribution in [0.1, 0.15) is 32.4 Å². The van der Waals surface area contributed by atoms with E-state index in [0.717, 1.165) is 5.56 Å². The predicted molar refractivity (Wildman–Crippen MR) is 79.9 cm³/mol. The fourth-order valence-electron chi connectivity index (χ4n) is 2.61. The predicted octanol–water partition coefficient (Wildman–Crippen LogP) is 3.83. The topological polar surface area (TPSA) is 29.5 Å². The van der Waals surface area contributed by atoms with Crippen LogP contribution in [-0.2, 0) is 4.74 Å². The van der Waals surface area contributed by atoms with E-state index < -0.39 is 0 Å². The maximum absolute atomic E-state index is 10.3. The second kappa shape index (κ2) is 7.46. The Labute approximate surface area is 117 Å². The molecule has 0 bridgehead atoms. The van der Waals surface area contributed by atoms with Crippen molar-refractivity contribution in [2.45, 2.75) is 33.0 Å². The van der Waals surface area contributed by atoms with E-state index in [-0.39, 0.29) is 30.0 Å². The largest absolute Gasteiger partial charge is 0.393 e. The van der Waals surface area contributed by atoms with E-state index in [1.807, 2.05) is 38.1 Å². The van der Waals surface area contributed by atoms with Gasteiger partial charge in [-0.05, 0) is 17.4 Å². The van der Waals surface area contributed by atoms with E-state index in [4.69, 9.17) is 4.74 Å². The molecule has 0 amide bonds. The van der Waals surface area contributed by atoms with E-state index in [1.54, 1.807) is 7.11 Å². The number of aliphatic hydroxyl groups is 1. The Morgan fingerprint density at radius 2 is 1.74 bits per heavy atom. The van der Waals surface area contributed by atoms with Gasteiger partial charge >= 0.3 is 0 Å². The first-order valence-corrected chi connectivity index (χ1v) is 6.91. The lowest BCUT2D eigenvalue weighted by Gasteiger charge is -2.33. The molecule has 0 saturated heterocycles. The van der Waals surface area contributed by atoms with Gasteiger partial charge in [0.1, 0.15) is 0 Å². The number of aliphatic hydroxyl groups excluding tert-OH is 1. The molecule has 0 aliphatic rings. The highest BCUT2D eigenvalue weighted by molar-refractivity contribution is 5.20. The molecule has 1 N–H and O–H groups in total. The van der Waals surface area contributed by atoms with E-state index in [1.165, 1.54) is 0 Å². The van der Waals surface area contributed by atoms with Gasteiger partial charge in [-0.25, -0.2) is 0 Å². The maximum atomic E-state index is 10.3. The molecule has 4 atom stereocenters. The molecule has 0 heterocycles. The van der Waals surface area contributed by atoms with E-state index >= 15 is 0 Å². The molecule has 0 saturated carbocycles. The van der Waals surface area contributed by atoms with Crippen molar-refractivity contribution in [1.29, 1.82) is 0 Å². The molecule has 1 aromatic carbocycles. The van der Waals surface area contributed by atoms with E-state index in [2.05, 4.69) is 25.6 Å². The van der Waals surface area contributed by atoms with Crippen molar-refractivity contribution in [3.05, 3.63) is 48.6 Å². The summed E-state index contributed by atoms with van der Waals surface area (Å²) in [7, 11) is 1.71. The first-order valence-electron chi connectivity index (χ1n) is 6.91. The summed E-state index contributed by atoms with van der Waals surface area (Å²) in [6, 6.07) is 10.1. The van der Waals surface area contributed by atoms with Gasteiger partial charge in [0, 0.05) is 13.0 Å². The highest BCUT2D eigenvalue weighted by atomic mass is 16.5. The molecular weight excluding hydrogens is 236 g/mol. The fourth-order valence-corrected chi connectivity index (χ4v) is 2.61. The molecule has 2 nitrogen and oxygen atoms in total. The Morgan fingerprint density at radius 3 is 2.16 bits per heavy atom. The zero-order valence-electron chi connectivity index (χ0n) is 12.4. The molecule has 0 aliphatic carbocycles. The molecule has 2 heteroatoms. The van der Waals surface area contributed by atoms with Crippen molar-refractivity contribution in [3.63, 3.8) is 0 Å². The zero-order chi connectivity index (χ0) is 14.4. The molecule has 0 aromatic heterocycles. The number of rotatable bonds is 7. The van der Waals surface area contributed by atoms with Crippen LogP contribution in [0.25, 0.3) is 0 Å². The van der Waals surface area contributed by atoms with Gasteiger partial charge in [-0.3, -0.25) is 0 Å². The third-order valence-electron chi connectivity index (χ3n) is 3.83. The monoisotopic (exact) mass is 262 g/mol. The lowest BCUT2D eigenvalue weighted by molar-refractivity contribution is -0.00742. The average molecular weight is 262 g/mol. The Hall–Kier alpha value is -1.12. The Morgan fingerprint density at radius 1 is 1.16 bits per heavy atom. The summed E-state index contributed by atoms with van der Waals surface area (Å²) in [5, 5.41) is 10.3. The lowest BCUT2D eigenvalue weighted by atomic mass is 9.79. The second-order valence-electron chi connectivity index (χ2n) is 5.47. The standard InChI is InChI=1S/C17H26O2/c1-6-15(13(4)16(18)12(2)3)17(19-5)14-10-8-7-9-11-14/h6-13,15-18H,1H2,2-5H3/t13-,15+,16+,17+/m1/s1. The van der Waals surface area contributed by atoms with Crippen molar-refractivity contribution < 1.29 is 9.84 Å². The van der Waals surface area contributed by atoms with Crippen LogP contribution in [0.3, 0.4) is 0 Å². The molecule has 0 fully saturated rings. The summed E-state index contributed by atoms with van der Waals surface area (Å²) in [6.07, 6.45) is 1.48. The summed E-state index contributed by atoms with van der Waals surface area (Å²) in [4.78, 5) is 0. The average Bonchev–Trinajstić information content (AvgIpc) is 2.43. The summed E-state index contributed by atoms with van der Waals surface area (Å²) >= 11 is 0. The summed E-state index contributed by atoms with van der Waals surface area (Å²) in [5.41, 5.74) is 1.12. The fraction of sp³-hybridized carbons (Fsp3) is 0.529. The van der Waals surface area contributed by atoms with Crippen molar-refractivity contribution in [1.82, 2.24) is 0 Å². The Balaban J connectivity index is 2.96. The van der Waals surface area contributed by atoms with Gasteiger partial charge < -0.3 is 9.84 Å². The van der Waals surface area contributed by atoms with Crippen LogP contribution in [-0.4, -0.2) is 18.3 Å². The van der Waals surface area contributed by atoms with Gasteiger partial charge in [-0.15, -0.1) is 6.58 Å². The van der Waals surface area contributed by atoms with Crippen molar-refractivity contribution in [3.8, 4) is 0 Å². The number of benzene rings is 1. The Kier molecular flexibility index (Phi) is 6.26. The van der Waals surface area contributed by atoms with Crippen LogP contribution >= 0.6 is 0 Å². The molecule has 0 spiro atoms. The minimum absolute atomic E-state index is 0.0675. The first kappa shape index (κ1) is 15.9. The van der Waals surface area contributed by atoms with Gasteiger partial charge in [0.2, 0.25) is 0 Å². The highest BCUT2D eigenvalue weighted by Gasteiger charge is 2.31. The van der Waals surface area contributed by atoms with Crippen LogP contribution < -0.4 is 0 Å². The molecule has 106 valence electrons. The van der Waals surface area contributed by atoms with Crippen LogP contribution in [0.5, 0.6) is 0 Å². The number of hydrogen-bond donors (Lipinski definition) is 1. The minimum Gasteiger partial charge on any atom is -0.393 e. The third-order valence-corrected chi connectivity index (χ3v) is 3.83. The Bertz CT molecular complexity index is 372. The molecule has 1 rings (SSSR count). The zero-order valence-corrected chi connectivity index (χ0v) is 12.4. The highest BCUT2D eigenvalue weighted by Crippen LogP contribution is 2.34. The van der Waals surface area contributed by atoms with Crippen LogP contribution in [0.4, 0.5) is 0 Å². The van der Waals surface area contributed by atoms with Crippen molar-refractivity contribution >= 4 is 0 Å². The number of ether oxygens (including phenoxy) is 1. The quantitative estimate of drug-likeness (QED) is 0.757. The van der Waals surface area contributed by atoms with Crippen molar-refractivity contribution in [2.24, 2.45) is 17.8 Å².